The third-order valence-electron chi connectivity index (χ3n) is 6.54. The molecule has 1 amide bonds. The standard InChI is InChI=1S/C26H32N4O5/c1-5-29-22-15-20(27-24(31)17-12-18(34-3)14-19(13-17)35-4)21(28-10-8-7-9-11-28)16-23(22)30(6-2)26(33)25(29)32/h12-16H,5-11H2,1-4H3,(H,27,31). The van der Waals surface area contributed by atoms with Gasteiger partial charge in [0.2, 0.25) is 0 Å². The molecular weight excluding hydrogens is 448 g/mol. The molecule has 0 unspecified atom stereocenters. The number of benzene rings is 2. The number of fused-ring (bicyclic) bond motifs is 1. The van der Waals surface area contributed by atoms with Crippen LogP contribution < -0.4 is 30.8 Å². The lowest BCUT2D eigenvalue weighted by atomic mass is 10.1. The number of amides is 1. The number of carbonyl (C=O) groups excluding carboxylic acids is 1. The molecule has 35 heavy (non-hydrogen) atoms. The van der Waals surface area contributed by atoms with E-state index in [0.29, 0.717) is 46.9 Å². The van der Waals surface area contributed by atoms with E-state index in [1.807, 2.05) is 26.0 Å². The molecule has 9 heteroatoms. The average Bonchev–Trinajstić information content (AvgIpc) is 2.89. The van der Waals surface area contributed by atoms with Gasteiger partial charge in [0.1, 0.15) is 11.5 Å². The highest BCUT2D eigenvalue weighted by molar-refractivity contribution is 6.07. The minimum absolute atomic E-state index is 0.325. The molecule has 0 aliphatic carbocycles. The number of ether oxygens (including phenoxy) is 2. The molecule has 0 radical (unpaired) electrons. The number of rotatable bonds is 7. The summed E-state index contributed by atoms with van der Waals surface area (Å²) in [7, 11) is 3.07. The molecule has 2 heterocycles. The van der Waals surface area contributed by atoms with Crippen LogP contribution in [0.2, 0.25) is 0 Å². The fourth-order valence-electron chi connectivity index (χ4n) is 4.71. The van der Waals surface area contributed by atoms with Gasteiger partial charge in [0, 0.05) is 37.8 Å². The van der Waals surface area contributed by atoms with Crippen LogP contribution in [0.1, 0.15) is 43.5 Å². The van der Waals surface area contributed by atoms with Crippen molar-refractivity contribution in [3.05, 3.63) is 56.6 Å². The molecule has 0 bridgehead atoms. The number of aromatic nitrogens is 2. The molecule has 1 aliphatic rings. The topological polar surface area (TPSA) is 94.8 Å². The molecule has 0 saturated carbocycles. The van der Waals surface area contributed by atoms with E-state index < -0.39 is 11.1 Å². The monoisotopic (exact) mass is 480 g/mol. The fraction of sp³-hybridized carbons (Fsp3) is 0.423. The Morgan fingerprint density at radius 2 is 1.37 bits per heavy atom. The number of hydrogen-bond donors (Lipinski definition) is 1. The van der Waals surface area contributed by atoms with Gasteiger partial charge in [-0.2, -0.15) is 0 Å². The second-order valence-electron chi connectivity index (χ2n) is 8.56. The highest BCUT2D eigenvalue weighted by atomic mass is 16.5. The Balaban J connectivity index is 1.90. The largest absolute Gasteiger partial charge is 0.497 e. The summed E-state index contributed by atoms with van der Waals surface area (Å²) < 4.78 is 13.6. The Morgan fingerprint density at radius 1 is 0.829 bits per heavy atom. The number of carbonyl (C=O) groups is 1. The van der Waals surface area contributed by atoms with Crippen molar-refractivity contribution in [1.29, 1.82) is 0 Å². The number of piperidine rings is 1. The summed E-state index contributed by atoms with van der Waals surface area (Å²) in [6, 6.07) is 8.74. The lowest BCUT2D eigenvalue weighted by Gasteiger charge is -2.31. The van der Waals surface area contributed by atoms with E-state index in [2.05, 4.69) is 10.2 Å². The van der Waals surface area contributed by atoms with E-state index >= 15 is 0 Å². The number of anilines is 2. The number of nitrogens with zero attached hydrogens (tertiary/aromatic N) is 3. The van der Waals surface area contributed by atoms with Crippen molar-refractivity contribution >= 4 is 28.3 Å². The van der Waals surface area contributed by atoms with E-state index in [0.717, 1.165) is 38.0 Å². The summed E-state index contributed by atoms with van der Waals surface area (Å²) in [5.74, 6) is 0.695. The van der Waals surface area contributed by atoms with Gasteiger partial charge in [0.05, 0.1) is 36.6 Å². The Labute approximate surface area is 203 Å². The lowest BCUT2D eigenvalue weighted by molar-refractivity contribution is 0.102. The van der Waals surface area contributed by atoms with E-state index in [1.165, 1.54) is 23.4 Å². The van der Waals surface area contributed by atoms with Crippen LogP contribution in [0.4, 0.5) is 11.4 Å². The van der Waals surface area contributed by atoms with Crippen LogP contribution in [0.3, 0.4) is 0 Å². The van der Waals surface area contributed by atoms with E-state index in [-0.39, 0.29) is 5.91 Å². The quantitative estimate of drug-likeness (QED) is 0.521. The highest BCUT2D eigenvalue weighted by Gasteiger charge is 2.21. The van der Waals surface area contributed by atoms with Crippen LogP contribution >= 0.6 is 0 Å². The fourth-order valence-corrected chi connectivity index (χ4v) is 4.71. The number of aryl methyl sites for hydroxylation is 2. The van der Waals surface area contributed by atoms with Crippen LogP contribution in [0.5, 0.6) is 11.5 Å². The van der Waals surface area contributed by atoms with Gasteiger partial charge < -0.3 is 28.8 Å². The Hall–Kier alpha value is -3.75. The van der Waals surface area contributed by atoms with Crippen LogP contribution in [0.15, 0.2) is 39.9 Å². The maximum Gasteiger partial charge on any atom is 0.316 e. The third kappa shape index (κ3) is 4.62. The van der Waals surface area contributed by atoms with Crippen LogP contribution in [-0.2, 0) is 13.1 Å². The maximum atomic E-state index is 13.4. The van der Waals surface area contributed by atoms with Crippen molar-refractivity contribution in [2.75, 3.05) is 37.5 Å². The van der Waals surface area contributed by atoms with Crippen molar-refractivity contribution in [2.24, 2.45) is 0 Å². The molecule has 0 atom stereocenters. The molecule has 1 aliphatic heterocycles. The van der Waals surface area contributed by atoms with Gasteiger partial charge in [-0.1, -0.05) is 0 Å². The predicted octanol–water partition coefficient (Wildman–Crippen LogP) is 3.46. The van der Waals surface area contributed by atoms with Gasteiger partial charge in [0.25, 0.3) is 5.91 Å². The summed E-state index contributed by atoms with van der Waals surface area (Å²) in [6.45, 7) is 6.11. The average molecular weight is 481 g/mol. The molecule has 3 aromatic rings. The Kier molecular flexibility index (Phi) is 7.14. The second kappa shape index (κ2) is 10.2. The minimum Gasteiger partial charge on any atom is -0.497 e. The summed E-state index contributed by atoms with van der Waals surface area (Å²) in [6.07, 6.45) is 3.26. The highest BCUT2D eigenvalue weighted by Crippen LogP contribution is 2.33. The van der Waals surface area contributed by atoms with Gasteiger partial charge in [-0.25, -0.2) is 0 Å². The number of hydrogen-bond acceptors (Lipinski definition) is 6. The molecule has 9 nitrogen and oxygen atoms in total. The van der Waals surface area contributed by atoms with Crippen molar-refractivity contribution in [3.8, 4) is 11.5 Å². The molecule has 2 aromatic carbocycles. The van der Waals surface area contributed by atoms with Crippen LogP contribution in [0, 0.1) is 0 Å². The van der Waals surface area contributed by atoms with Crippen LogP contribution in [-0.4, -0.2) is 42.4 Å². The van der Waals surface area contributed by atoms with Crippen molar-refractivity contribution < 1.29 is 14.3 Å². The first-order chi connectivity index (χ1) is 16.9. The summed E-state index contributed by atoms with van der Waals surface area (Å²) in [5.41, 5.74) is 2.00. The van der Waals surface area contributed by atoms with Gasteiger partial charge in [-0.15, -0.1) is 0 Å². The normalized spacial score (nSPS) is 13.7. The van der Waals surface area contributed by atoms with E-state index in [4.69, 9.17) is 9.47 Å². The molecule has 1 saturated heterocycles. The zero-order chi connectivity index (χ0) is 25.1. The molecular formula is C26H32N4O5. The summed E-state index contributed by atoms with van der Waals surface area (Å²) in [4.78, 5) is 41.1. The Bertz CT molecular complexity index is 1350. The molecule has 4 rings (SSSR count). The third-order valence-corrected chi connectivity index (χ3v) is 6.54. The van der Waals surface area contributed by atoms with Gasteiger partial charge >= 0.3 is 11.1 Å². The van der Waals surface area contributed by atoms with Crippen LogP contribution in [0.25, 0.3) is 11.0 Å². The smallest absolute Gasteiger partial charge is 0.316 e. The zero-order valence-electron chi connectivity index (χ0n) is 20.7. The SMILES string of the molecule is CCn1c(=O)c(=O)n(CC)c2cc(N3CCCCC3)c(NC(=O)c3cc(OC)cc(OC)c3)cc21. The first-order valence-electron chi connectivity index (χ1n) is 12.0. The molecule has 0 spiro atoms. The Morgan fingerprint density at radius 3 is 1.89 bits per heavy atom. The second-order valence-corrected chi connectivity index (χ2v) is 8.56. The van der Waals surface area contributed by atoms with Gasteiger partial charge in [-0.3, -0.25) is 14.4 Å². The predicted molar refractivity (Wildman–Crippen MR) is 137 cm³/mol. The van der Waals surface area contributed by atoms with Crippen molar-refractivity contribution in [3.63, 3.8) is 0 Å². The first-order valence-corrected chi connectivity index (χ1v) is 12.0. The van der Waals surface area contributed by atoms with E-state index in [9.17, 15) is 14.4 Å². The van der Waals surface area contributed by atoms with Crippen molar-refractivity contribution in [1.82, 2.24) is 9.13 Å². The minimum atomic E-state index is -0.567. The van der Waals surface area contributed by atoms with Crippen molar-refractivity contribution in [2.45, 2.75) is 46.2 Å². The lowest BCUT2D eigenvalue weighted by Crippen LogP contribution is -2.41. The molecule has 1 fully saturated rings. The zero-order valence-corrected chi connectivity index (χ0v) is 20.7. The maximum absolute atomic E-state index is 13.4. The first kappa shape index (κ1) is 24.4. The van der Waals surface area contributed by atoms with Gasteiger partial charge in [0.15, 0.2) is 0 Å². The molecule has 1 aromatic heterocycles. The summed E-state index contributed by atoms with van der Waals surface area (Å²) in [5, 5.41) is 3.05. The van der Waals surface area contributed by atoms with Gasteiger partial charge in [-0.05, 0) is 57.4 Å². The number of methoxy groups -OCH3 is 2. The number of nitrogens with one attached hydrogen (secondary N) is 1. The molecule has 1 N–H and O–H groups in total. The molecule has 186 valence electrons. The summed E-state index contributed by atoms with van der Waals surface area (Å²) >= 11 is 0. The van der Waals surface area contributed by atoms with E-state index in [1.54, 1.807) is 18.2 Å².